The van der Waals surface area contributed by atoms with Crippen LogP contribution in [0.4, 0.5) is 36.4 Å². The Balaban J connectivity index is 1.92. The number of halogens is 7. The molecule has 0 fully saturated rings. The molecular weight excluding hydrogens is 623 g/mol. The predicted octanol–water partition coefficient (Wildman–Crippen LogP) is 4.94. The average molecular weight is 654 g/mol. The Morgan fingerprint density at radius 2 is 1.83 bits per heavy atom. The lowest BCUT2D eigenvalue weighted by molar-refractivity contribution is -0.177. The maximum absolute atomic E-state index is 14.5. The van der Waals surface area contributed by atoms with E-state index in [1.165, 1.54) is 12.2 Å². The molecule has 2 atom stereocenters. The van der Waals surface area contributed by atoms with Crippen LogP contribution in [0.1, 0.15) is 44.9 Å². The molecular formula is C24H24F7N3O6S2. The van der Waals surface area contributed by atoms with Crippen molar-refractivity contribution < 1.29 is 65.3 Å². The Bertz CT molecular complexity index is 1890. The number of nitrogens with one attached hydrogen (secondary N) is 1. The number of hydrogen-bond donors (Lipinski definition) is 1. The molecule has 1 unspecified atom stereocenters. The van der Waals surface area contributed by atoms with Crippen molar-refractivity contribution in [2.75, 3.05) is 18.8 Å². The summed E-state index contributed by atoms with van der Waals surface area (Å²) in [6.07, 6.45) is -9.35. The standard InChI is InChI=1S/C24H24F7N3O6S2/c1-22(9-5-4-6-19(22)39-2)42(37,38)34-12-18(14-8-7-13(10-17(14)34)23(26,27)28)41(35,36)33-16-11-15(25)20(24(29,30)31)32-21(16)40-3/h4-6,11-13,33H,7-10H2,1-3H3/t13-,22?/m0/s1/i2D3,3D3. The largest absolute Gasteiger partial charge is 0.499 e. The van der Waals surface area contributed by atoms with Crippen molar-refractivity contribution in [1.82, 2.24) is 8.96 Å². The molecule has 2 aromatic heterocycles. The lowest BCUT2D eigenvalue weighted by Crippen LogP contribution is -2.43. The first kappa shape index (κ1) is 24.2. The highest BCUT2D eigenvalue weighted by Crippen LogP contribution is 2.44. The van der Waals surface area contributed by atoms with E-state index in [0.29, 0.717) is 6.20 Å². The van der Waals surface area contributed by atoms with Gasteiger partial charge in [-0.05, 0) is 37.8 Å². The van der Waals surface area contributed by atoms with Gasteiger partial charge in [0.1, 0.15) is 21.1 Å². The Kier molecular flexibility index (Phi) is 6.03. The molecule has 0 amide bonds. The highest BCUT2D eigenvalue weighted by molar-refractivity contribution is 7.93. The van der Waals surface area contributed by atoms with E-state index in [-0.39, 0.29) is 10.0 Å². The van der Waals surface area contributed by atoms with Gasteiger partial charge in [-0.15, -0.1) is 0 Å². The molecule has 232 valence electrons. The van der Waals surface area contributed by atoms with E-state index >= 15 is 0 Å². The van der Waals surface area contributed by atoms with Crippen molar-refractivity contribution in [2.45, 2.75) is 54.6 Å². The van der Waals surface area contributed by atoms with E-state index in [1.54, 1.807) is 4.72 Å². The molecule has 2 aromatic rings. The molecule has 1 N–H and O–H groups in total. The molecule has 0 bridgehead atoms. The van der Waals surface area contributed by atoms with E-state index in [4.69, 9.17) is 13.0 Å². The molecule has 2 aliphatic rings. The summed E-state index contributed by atoms with van der Waals surface area (Å²) < 4.78 is 204. The van der Waals surface area contributed by atoms with Gasteiger partial charge in [-0.3, -0.25) is 4.72 Å². The smallest absolute Gasteiger partial charge is 0.436 e. The van der Waals surface area contributed by atoms with Gasteiger partial charge in [0.05, 0.1) is 28.2 Å². The third-order valence-electron chi connectivity index (χ3n) is 6.98. The molecule has 0 spiro atoms. The van der Waals surface area contributed by atoms with Crippen LogP contribution in [0, 0.1) is 11.7 Å². The zero-order chi connectivity index (χ0) is 36.5. The van der Waals surface area contributed by atoms with Crippen LogP contribution >= 0.6 is 0 Å². The Hall–Kier alpha value is -3.28. The topological polar surface area (TPSA) is 117 Å². The van der Waals surface area contributed by atoms with Crippen molar-refractivity contribution in [3.05, 3.63) is 59.0 Å². The SMILES string of the molecule is [2H]C([2H])([2H])OC1=CC=CCC1(C)S(=O)(=O)n1cc(S(=O)(=O)Nc2cc(F)c(C(F)(F)F)nc2OC([2H])([2H])[2H])c2c1C[C@@H](C(F)(F)F)CC2. The van der Waals surface area contributed by atoms with Crippen molar-refractivity contribution in [1.29, 1.82) is 0 Å². The van der Waals surface area contributed by atoms with Gasteiger partial charge in [-0.25, -0.2) is 30.2 Å². The average Bonchev–Trinajstić information content (AvgIpc) is 3.29. The maximum Gasteiger partial charge on any atom is 0.436 e. The van der Waals surface area contributed by atoms with Gasteiger partial charge in [-0.1, -0.05) is 12.2 Å². The molecule has 2 heterocycles. The van der Waals surface area contributed by atoms with Gasteiger partial charge in [-0.2, -0.15) is 26.3 Å². The highest BCUT2D eigenvalue weighted by Gasteiger charge is 2.50. The van der Waals surface area contributed by atoms with Gasteiger partial charge in [0.25, 0.3) is 20.0 Å². The van der Waals surface area contributed by atoms with Gasteiger partial charge in [0.15, 0.2) is 11.5 Å². The number of ether oxygens (including phenoxy) is 2. The first-order valence-electron chi connectivity index (χ1n) is 14.7. The summed E-state index contributed by atoms with van der Waals surface area (Å²) in [5.41, 5.74) is -4.67. The number of pyridine rings is 1. The maximum atomic E-state index is 14.5. The third kappa shape index (κ3) is 5.33. The molecule has 0 saturated heterocycles. The zero-order valence-corrected chi connectivity index (χ0v) is 22.7. The number of sulfonamides is 1. The molecule has 4 rings (SSSR count). The molecule has 2 aliphatic carbocycles. The second-order valence-corrected chi connectivity index (χ2v) is 13.5. The number of anilines is 1. The van der Waals surface area contributed by atoms with Crippen LogP contribution in [0.15, 0.2) is 41.1 Å². The van der Waals surface area contributed by atoms with Crippen LogP contribution in [0.25, 0.3) is 0 Å². The molecule has 42 heavy (non-hydrogen) atoms. The van der Waals surface area contributed by atoms with E-state index in [2.05, 4.69) is 9.72 Å². The number of nitrogens with zero attached hydrogens (tertiary/aromatic N) is 2. The van der Waals surface area contributed by atoms with E-state index in [0.717, 1.165) is 13.0 Å². The molecule has 0 aliphatic heterocycles. The number of rotatable bonds is 7. The van der Waals surface area contributed by atoms with Crippen LogP contribution in [-0.4, -0.2) is 50.8 Å². The minimum absolute atomic E-state index is 0.0903. The first-order chi connectivity index (χ1) is 21.6. The number of alkyl halides is 6. The molecule has 0 aromatic carbocycles. The van der Waals surface area contributed by atoms with Gasteiger partial charge in [0.2, 0.25) is 5.88 Å². The predicted molar refractivity (Wildman–Crippen MR) is 134 cm³/mol. The number of aromatic nitrogens is 2. The fourth-order valence-corrected chi connectivity index (χ4v) is 7.96. The number of fused-ring (bicyclic) bond motifs is 1. The Morgan fingerprint density at radius 1 is 1.14 bits per heavy atom. The summed E-state index contributed by atoms with van der Waals surface area (Å²) in [5.74, 6) is -6.52. The van der Waals surface area contributed by atoms with Crippen molar-refractivity contribution in [3.8, 4) is 5.88 Å². The monoisotopic (exact) mass is 653 g/mol. The second-order valence-electron chi connectivity index (χ2n) is 9.57. The summed E-state index contributed by atoms with van der Waals surface area (Å²) >= 11 is 0. The van der Waals surface area contributed by atoms with Crippen LogP contribution in [0.2, 0.25) is 0 Å². The Labute approximate surface area is 244 Å². The molecule has 18 heteroatoms. The lowest BCUT2D eigenvalue weighted by atomic mass is 9.87. The van der Waals surface area contributed by atoms with E-state index in [1.807, 2.05) is 0 Å². The first-order valence-corrected chi connectivity index (χ1v) is 14.6. The summed E-state index contributed by atoms with van der Waals surface area (Å²) in [6, 6.07) is -0.0903. The number of hydrogen-bond acceptors (Lipinski definition) is 7. The quantitative estimate of drug-likeness (QED) is 0.421. The van der Waals surface area contributed by atoms with Gasteiger partial charge < -0.3 is 9.47 Å². The second kappa shape index (κ2) is 10.5. The fourth-order valence-electron chi connectivity index (χ4n) is 4.74. The number of methoxy groups -OCH3 is 2. The van der Waals surface area contributed by atoms with Crippen LogP contribution in [0.5, 0.6) is 5.88 Å². The van der Waals surface area contributed by atoms with Crippen LogP contribution in [0.3, 0.4) is 0 Å². The van der Waals surface area contributed by atoms with Crippen LogP contribution in [-0.2, 0) is 43.8 Å². The summed E-state index contributed by atoms with van der Waals surface area (Å²) in [5, 5.41) is 0. The minimum Gasteiger partial charge on any atom is -0.499 e. The fraction of sp³-hybridized carbons (Fsp3) is 0.458. The zero-order valence-electron chi connectivity index (χ0n) is 27.1. The normalized spacial score (nSPS) is 24.2. The van der Waals surface area contributed by atoms with Crippen molar-refractivity contribution in [2.24, 2.45) is 5.92 Å². The molecule has 0 saturated carbocycles. The molecule has 0 radical (unpaired) electrons. The third-order valence-corrected chi connectivity index (χ3v) is 10.8. The summed E-state index contributed by atoms with van der Waals surface area (Å²) in [4.78, 5) is 1.76. The lowest BCUT2D eigenvalue weighted by Gasteiger charge is -2.33. The summed E-state index contributed by atoms with van der Waals surface area (Å²) in [6.45, 7) is 1.00. The summed E-state index contributed by atoms with van der Waals surface area (Å²) in [7, 11) is -17.1. The van der Waals surface area contributed by atoms with Crippen LogP contribution < -0.4 is 9.46 Å². The van der Waals surface area contributed by atoms with Gasteiger partial charge >= 0.3 is 12.4 Å². The highest BCUT2D eigenvalue weighted by atomic mass is 32.2. The van der Waals surface area contributed by atoms with Crippen molar-refractivity contribution >= 4 is 25.7 Å². The van der Waals surface area contributed by atoms with E-state index in [9.17, 15) is 47.6 Å². The van der Waals surface area contributed by atoms with E-state index < -0.39 is 128 Å². The number of allylic oxidation sites excluding steroid dienone is 3. The van der Waals surface area contributed by atoms with Crippen molar-refractivity contribution in [3.63, 3.8) is 0 Å². The minimum atomic E-state index is -5.49. The Morgan fingerprint density at radius 3 is 2.45 bits per heavy atom. The molecule has 9 nitrogen and oxygen atoms in total. The van der Waals surface area contributed by atoms with Gasteiger partial charge in [0, 0.05) is 24.4 Å².